The van der Waals surface area contributed by atoms with Crippen molar-refractivity contribution in [2.75, 3.05) is 6.54 Å². The number of aryl methyl sites for hydroxylation is 3. The van der Waals surface area contributed by atoms with Gasteiger partial charge >= 0.3 is 0 Å². The van der Waals surface area contributed by atoms with Crippen molar-refractivity contribution in [3.05, 3.63) is 46.5 Å². The third kappa shape index (κ3) is 2.71. The smallest absolute Gasteiger partial charge is 0.0106 e. The third-order valence-corrected chi connectivity index (χ3v) is 2.47. The minimum atomic E-state index is 0.629. The molecule has 0 aliphatic heterocycles. The molecule has 1 aromatic carbocycles. The maximum absolute atomic E-state index is 5.41. The SMILES string of the molecule is Cc1cc(C)c(C/C=C/CN)c(C)c1. The maximum atomic E-state index is 5.41. The Balaban J connectivity index is 2.91. The van der Waals surface area contributed by atoms with Crippen molar-refractivity contribution < 1.29 is 0 Å². The van der Waals surface area contributed by atoms with Crippen LogP contribution in [0.15, 0.2) is 24.3 Å². The van der Waals surface area contributed by atoms with E-state index in [4.69, 9.17) is 5.73 Å². The zero-order chi connectivity index (χ0) is 10.6. The summed E-state index contributed by atoms with van der Waals surface area (Å²) in [5.41, 5.74) is 10.9. The van der Waals surface area contributed by atoms with Crippen LogP contribution < -0.4 is 5.73 Å². The molecule has 0 atom stereocenters. The summed E-state index contributed by atoms with van der Waals surface area (Å²) >= 11 is 0. The lowest BCUT2D eigenvalue weighted by molar-refractivity contribution is 1.13. The second-order valence-electron chi connectivity index (χ2n) is 3.79. The number of allylic oxidation sites excluding steroid dienone is 1. The Morgan fingerprint density at radius 1 is 1.07 bits per heavy atom. The van der Waals surface area contributed by atoms with E-state index in [1.165, 1.54) is 22.3 Å². The largest absolute Gasteiger partial charge is 0.327 e. The summed E-state index contributed by atoms with van der Waals surface area (Å²) in [6, 6.07) is 4.47. The van der Waals surface area contributed by atoms with Crippen LogP contribution in [0.3, 0.4) is 0 Å². The molecule has 0 heterocycles. The fourth-order valence-corrected chi connectivity index (χ4v) is 1.83. The topological polar surface area (TPSA) is 26.0 Å². The van der Waals surface area contributed by atoms with E-state index in [0.717, 1.165) is 6.42 Å². The second-order valence-corrected chi connectivity index (χ2v) is 3.79. The van der Waals surface area contributed by atoms with Gasteiger partial charge in [0.15, 0.2) is 0 Å². The molecule has 1 nitrogen and oxygen atoms in total. The number of benzene rings is 1. The molecule has 0 aromatic heterocycles. The van der Waals surface area contributed by atoms with Gasteiger partial charge in [-0.2, -0.15) is 0 Å². The molecule has 0 saturated carbocycles. The van der Waals surface area contributed by atoms with E-state index in [2.05, 4.69) is 39.0 Å². The van der Waals surface area contributed by atoms with Crippen LogP contribution in [0, 0.1) is 20.8 Å². The van der Waals surface area contributed by atoms with Gasteiger partial charge in [-0.15, -0.1) is 0 Å². The first-order valence-corrected chi connectivity index (χ1v) is 5.07. The van der Waals surface area contributed by atoms with Gasteiger partial charge in [0.2, 0.25) is 0 Å². The van der Waals surface area contributed by atoms with E-state index >= 15 is 0 Å². The minimum Gasteiger partial charge on any atom is -0.327 e. The lowest BCUT2D eigenvalue weighted by atomic mass is 9.97. The minimum absolute atomic E-state index is 0.629. The van der Waals surface area contributed by atoms with E-state index in [9.17, 15) is 0 Å². The fourth-order valence-electron chi connectivity index (χ4n) is 1.83. The third-order valence-electron chi connectivity index (χ3n) is 2.47. The van der Waals surface area contributed by atoms with Crippen molar-refractivity contribution in [1.29, 1.82) is 0 Å². The summed E-state index contributed by atoms with van der Waals surface area (Å²) in [5.74, 6) is 0. The zero-order valence-corrected chi connectivity index (χ0v) is 9.30. The van der Waals surface area contributed by atoms with Crippen molar-refractivity contribution in [1.82, 2.24) is 0 Å². The summed E-state index contributed by atoms with van der Waals surface area (Å²) in [5, 5.41) is 0. The first-order valence-electron chi connectivity index (χ1n) is 5.07. The van der Waals surface area contributed by atoms with Gasteiger partial charge in [-0.1, -0.05) is 29.8 Å². The molecule has 76 valence electrons. The lowest BCUT2D eigenvalue weighted by Crippen LogP contribution is -1.96. The molecule has 0 fully saturated rings. The van der Waals surface area contributed by atoms with E-state index in [1.54, 1.807) is 0 Å². The molecule has 0 aliphatic rings. The molecule has 0 spiro atoms. The molecule has 0 saturated heterocycles. The van der Waals surface area contributed by atoms with Crippen molar-refractivity contribution in [2.45, 2.75) is 27.2 Å². The van der Waals surface area contributed by atoms with Crippen LogP contribution in [0.25, 0.3) is 0 Å². The standard InChI is InChI=1S/C13H19N/c1-10-8-11(2)13(12(3)9-10)6-4-5-7-14/h4-5,8-9H,6-7,14H2,1-3H3/b5-4+. The highest BCUT2D eigenvalue weighted by Gasteiger charge is 2.01. The molecule has 1 heteroatoms. The van der Waals surface area contributed by atoms with Gasteiger partial charge < -0.3 is 5.73 Å². The van der Waals surface area contributed by atoms with Gasteiger partial charge in [-0.25, -0.2) is 0 Å². The summed E-state index contributed by atoms with van der Waals surface area (Å²) in [7, 11) is 0. The van der Waals surface area contributed by atoms with Gasteiger partial charge in [0.05, 0.1) is 0 Å². The fraction of sp³-hybridized carbons (Fsp3) is 0.385. The number of rotatable bonds is 3. The molecule has 0 unspecified atom stereocenters. The van der Waals surface area contributed by atoms with Gasteiger partial charge in [-0.3, -0.25) is 0 Å². The van der Waals surface area contributed by atoms with Crippen LogP contribution in [0.2, 0.25) is 0 Å². The van der Waals surface area contributed by atoms with Crippen LogP contribution in [0.4, 0.5) is 0 Å². The number of hydrogen-bond acceptors (Lipinski definition) is 1. The molecule has 2 N–H and O–H groups in total. The van der Waals surface area contributed by atoms with Crippen molar-refractivity contribution >= 4 is 0 Å². The normalized spacial score (nSPS) is 11.1. The van der Waals surface area contributed by atoms with Crippen LogP contribution in [-0.4, -0.2) is 6.54 Å². The molecule has 1 rings (SSSR count). The molecular formula is C13H19N. The maximum Gasteiger partial charge on any atom is 0.0106 e. The van der Waals surface area contributed by atoms with Crippen LogP contribution in [0.1, 0.15) is 22.3 Å². The molecular weight excluding hydrogens is 170 g/mol. The highest BCUT2D eigenvalue weighted by molar-refractivity contribution is 5.38. The Morgan fingerprint density at radius 2 is 1.64 bits per heavy atom. The van der Waals surface area contributed by atoms with Gasteiger partial charge in [-0.05, 0) is 43.9 Å². The van der Waals surface area contributed by atoms with Gasteiger partial charge in [0.25, 0.3) is 0 Å². The van der Waals surface area contributed by atoms with Crippen molar-refractivity contribution in [3.8, 4) is 0 Å². The number of nitrogens with two attached hydrogens (primary N) is 1. The highest BCUT2D eigenvalue weighted by Crippen LogP contribution is 2.17. The lowest BCUT2D eigenvalue weighted by Gasteiger charge is -2.08. The summed E-state index contributed by atoms with van der Waals surface area (Å²) in [6.45, 7) is 7.11. The van der Waals surface area contributed by atoms with E-state index < -0.39 is 0 Å². The van der Waals surface area contributed by atoms with Crippen LogP contribution in [0.5, 0.6) is 0 Å². The van der Waals surface area contributed by atoms with Crippen molar-refractivity contribution in [2.24, 2.45) is 5.73 Å². The Morgan fingerprint density at radius 3 is 2.14 bits per heavy atom. The van der Waals surface area contributed by atoms with E-state index in [0.29, 0.717) is 6.54 Å². The molecule has 0 radical (unpaired) electrons. The Hall–Kier alpha value is -1.08. The highest BCUT2D eigenvalue weighted by atomic mass is 14.5. The number of hydrogen-bond donors (Lipinski definition) is 1. The summed E-state index contributed by atoms with van der Waals surface area (Å²) in [4.78, 5) is 0. The second kappa shape index (κ2) is 4.97. The predicted octanol–water partition coefficient (Wildman–Crippen LogP) is 2.67. The van der Waals surface area contributed by atoms with E-state index in [-0.39, 0.29) is 0 Å². The van der Waals surface area contributed by atoms with Gasteiger partial charge in [0.1, 0.15) is 0 Å². The molecule has 0 bridgehead atoms. The van der Waals surface area contributed by atoms with Crippen LogP contribution in [-0.2, 0) is 6.42 Å². The quantitative estimate of drug-likeness (QED) is 0.727. The Kier molecular flexibility index (Phi) is 3.90. The monoisotopic (exact) mass is 189 g/mol. The molecule has 0 aliphatic carbocycles. The molecule has 0 amide bonds. The average molecular weight is 189 g/mol. The van der Waals surface area contributed by atoms with Crippen molar-refractivity contribution in [3.63, 3.8) is 0 Å². The first kappa shape index (κ1) is 11.0. The van der Waals surface area contributed by atoms with E-state index in [1.807, 2.05) is 6.08 Å². The van der Waals surface area contributed by atoms with Crippen LogP contribution >= 0.6 is 0 Å². The molecule has 14 heavy (non-hydrogen) atoms. The zero-order valence-electron chi connectivity index (χ0n) is 9.30. The van der Waals surface area contributed by atoms with Gasteiger partial charge in [0, 0.05) is 6.54 Å². The Labute approximate surface area is 86.6 Å². The molecule has 1 aromatic rings. The average Bonchev–Trinajstić information content (AvgIpc) is 2.09. The summed E-state index contributed by atoms with van der Waals surface area (Å²) in [6.07, 6.45) is 5.15. The first-order chi connectivity index (χ1) is 6.65. The Bertz CT molecular complexity index is 314. The predicted molar refractivity (Wildman–Crippen MR) is 62.6 cm³/mol. The summed E-state index contributed by atoms with van der Waals surface area (Å²) < 4.78 is 0.